The summed E-state index contributed by atoms with van der Waals surface area (Å²) in [6.45, 7) is 7.65. The van der Waals surface area contributed by atoms with Crippen molar-refractivity contribution < 1.29 is 44.1 Å². The number of nitrogens with zero attached hydrogens (tertiary/aromatic N) is 3. The number of aromatic carboxylic acids is 3. The predicted molar refractivity (Wildman–Crippen MR) is 192 cm³/mol. The fourth-order valence-electron chi connectivity index (χ4n) is 6.45. The molecule has 6 bridgehead atoms. The van der Waals surface area contributed by atoms with Crippen LogP contribution in [-0.4, -0.2) is 65.6 Å². The van der Waals surface area contributed by atoms with Crippen LogP contribution in [0.15, 0.2) is 54.6 Å². The third-order valence-electron chi connectivity index (χ3n) is 8.71. The Morgan fingerprint density at radius 2 is 0.731 bits per heavy atom. The molecule has 1 aliphatic heterocycles. The van der Waals surface area contributed by atoms with Crippen molar-refractivity contribution in [2.45, 2.75) is 99.1 Å². The molecule has 12 heteroatoms. The van der Waals surface area contributed by atoms with Gasteiger partial charge in [-0.05, 0) is 88.5 Å². The van der Waals surface area contributed by atoms with Crippen LogP contribution in [0.4, 0.5) is 0 Å². The average molecular weight is 714 g/mol. The van der Waals surface area contributed by atoms with Gasteiger partial charge in [0.2, 0.25) is 17.7 Å². The fourth-order valence-corrected chi connectivity index (χ4v) is 6.45. The highest BCUT2D eigenvalue weighted by Crippen LogP contribution is 2.24. The number of carboxylic acid groups (broad SMARTS) is 3. The van der Waals surface area contributed by atoms with Gasteiger partial charge in [0.05, 0.1) is 16.7 Å². The van der Waals surface area contributed by atoms with Crippen molar-refractivity contribution in [3.63, 3.8) is 0 Å². The molecule has 3 amide bonds. The molecule has 0 atom stereocenters. The Balaban J connectivity index is 1.97. The van der Waals surface area contributed by atoms with Gasteiger partial charge in [0, 0.05) is 58.5 Å². The predicted octanol–water partition coefficient (Wildman–Crippen LogP) is 6.33. The zero-order valence-corrected chi connectivity index (χ0v) is 30.2. The number of amides is 3. The van der Waals surface area contributed by atoms with Crippen molar-refractivity contribution in [3.8, 4) is 0 Å². The van der Waals surface area contributed by atoms with Crippen molar-refractivity contribution in [2.75, 3.05) is 0 Å². The number of hydrogen-bond acceptors (Lipinski definition) is 6. The first-order chi connectivity index (χ1) is 24.6. The van der Waals surface area contributed by atoms with Crippen molar-refractivity contribution in [1.82, 2.24) is 14.7 Å². The quantitative estimate of drug-likeness (QED) is 0.229. The molecule has 0 radical (unpaired) electrons. The van der Waals surface area contributed by atoms with Crippen LogP contribution < -0.4 is 0 Å². The summed E-state index contributed by atoms with van der Waals surface area (Å²) in [5.41, 5.74) is 3.00. The summed E-state index contributed by atoms with van der Waals surface area (Å²) in [5.74, 6) is -4.16. The minimum Gasteiger partial charge on any atom is -0.478 e. The lowest BCUT2D eigenvalue weighted by molar-refractivity contribution is -0.133. The van der Waals surface area contributed by atoms with E-state index < -0.39 is 17.9 Å². The second-order valence-corrected chi connectivity index (χ2v) is 13.9. The summed E-state index contributed by atoms with van der Waals surface area (Å²) in [7, 11) is 0. The zero-order valence-electron chi connectivity index (χ0n) is 30.2. The number of carbonyl (C=O) groups excluding carboxylic acids is 3. The second kappa shape index (κ2) is 17.6. The summed E-state index contributed by atoms with van der Waals surface area (Å²) < 4.78 is 0. The zero-order chi connectivity index (χ0) is 38.1. The van der Waals surface area contributed by atoms with Gasteiger partial charge in [0.25, 0.3) is 0 Å². The molecule has 3 aromatic rings. The standard InChI is InChI=1S/C40H47N3O9/c1-5-7-35(44)41-19-26-10-27(14-32(13-26)38(47)48)20-42(36(45)8-6-2)22-29-12-31(18-34(16-29)40(51)52)24-43(37(46)9-25(3)4)23-30-11-28(21-41)15-33(17-30)39(49)50/h10-18,25H,5-9,19-24H2,1-4H3,(H,47,48)(H,49,50)(H,51,52). The number of benzene rings is 3. The molecule has 4 rings (SSSR count). The van der Waals surface area contributed by atoms with E-state index in [-0.39, 0.29) is 98.9 Å². The Hall–Kier alpha value is -5.52. The summed E-state index contributed by atoms with van der Waals surface area (Å²) in [4.78, 5) is 82.3. The van der Waals surface area contributed by atoms with Gasteiger partial charge < -0.3 is 30.0 Å². The van der Waals surface area contributed by atoms with Gasteiger partial charge in [-0.2, -0.15) is 0 Å². The molecule has 52 heavy (non-hydrogen) atoms. The average Bonchev–Trinajstić information content (AvgIpc) is 3.06. The summed E-state index contributed by atoms with van der Waals surface area (Å²) >= 11 is 0. The van der Waals surface area contributed by atoms with E-state index in [9.17, 15) is 44.1 Å². The minimum absolute atomic E-state index is 0.0115. The highest BCUT2D eigenvalue weighted by Gasteiger charge is 2.23. The van der Waals surface area contributed by atoms with E-state index in [2.05, 4.69) is 0 Å². The Bertz CT molecular complexity index is 1740. The van der Waals surface area contributed by atoms with Crippen molar-refractivity contribution in [2.24, 2.45) is 5.92 Å². The second-order valence-electron chi connectivity index (χ2n) is 13.9. The maximum Gasteiger partial charge on any atom is 0.335 e. The summed E-state index contributed by atoms with van der Waals surface area (Å²) in [6, 6.07) is 14.2. The first kappa shape index (κ1) is 39.3. The molecule has 0 unspecified atom stereocenters. The van der Waals surface area contributed by atoms with E-state index in [1.807, 2.05) is 27.7 Å². The van der Waals surface area contributed by atoms with Crippen LogP contribution in [0.1, 0.15) is 124 Å². The number of rotatable bonds is 9. The molecule has 0 spiro atoms. The van der Waals surface area contributed by atoms with E-state index in [1.54, 1.807) is 32.9 Å². The van der Waals surface area contributed by atoms with Crippen molar-refractivity contribution >= 4 is 35.6 Å². The Kier molecular flexibility index (Phi) is 13.3. The summed E-state index contributed by atoms with van der Waals surface area (Å²) in [5, 5.41) is 30.1. The normalized spacial score (nSPS) is 13.7. The smallest absolute Gasteiger partial charge is 0.335 e. The largest absolute Gasteiger partial charge is 0.478 e. The number of fused-ring (bicyclic) bond motifs is 6. The molecule has 1 aliphatic rings. The highest BCUT2D eigenvalue weighted by molar-refractivity contribution is 5.89. The number of carboxylic acids is 3. The van der Waals surface area contributed by atoms with Gasteiger partial charge in [-0.15, -0.1) is 0 Å². The van der Waals surface area contributed by atoms with Crippen LogP contribution in [-0.2, 0) is 53.7 Å². The third-order valence-corrected chi connectivity index (χ3v) is 8.71. The summed E-state index contributed by atoms with van der Waals surface area (Å²) in [6.07, 6.45) is 1.74. The van der Waals surface area contributed by atoms with Crippen molar-refractivity contribution in [3.05, 3.63) is 105 Å². The first-order valence-corrected chi connectivity index (χ1v) is 17.6. The molecule has 276 valence electrons. The third kappa shape index (κ3) is 10.7. The fraction of sp³-hybridized carbons (Fsp3) is 0.400. The minimum atomic E-state index is -1.18. The molecule has 0 saturated heterocycles. The number of hydrogen-bond donors (Lipinski definition) is 3. The van der Waals surface area contributed by atoms with Gasteiger partial charge >= 0.3 is 17.9 Å². The lowest BCUT2D eigenvalue weighted by Crippen LogP contribution is -2.32. The molecule has 3 N–H and O–H groups in total. The lowest BCUT2D eigenvalue weighted by Gasteiger charge is -2.28. The highest BCUT2D eigenvalue weighted by atomic mass is 16.4. The van der Waals surface area contributed by atoms with Gasteiger partial charge in [-0.25, -0.2) is 14.4 Å². The van der Waals surface area contributed by atoms with Crippen LogP contribution in [0, 0.1) is 5.92 Å². The molecule has 0 fully saturated rings. The molecule has 0 saturated carbocycles. The maximum atomic E-state index is 13.7. The van der Waals surface area contributed by atoms with Gasteiger partial charge in [0.1, 0.15) is 0 Å². The molecule has 12 nitrogen and oxygen atoms in total. The van der Waals surface area contributed by atoms with Crippen LogP contribution in [0.2, 0.25) is 0 Å². The Morgan fingerprint density at radius 3 is 0.942 bits per heavy atom. The van der Waals surface area contributed by atoms with E-state index in [1.165, 1.54) is 36.4 Å². The topological polar surface area (TPSA) is 173 Å². The van der Waals surface area contributed by atoms with Crippen LogP contribution in [0.3, 0.4) is 0 Å². The Morgan fingerprint density at radius 1 is 0.481 bits per heavy atom. The van der Waals surface area contributed by atoms with Gasteiger partial charge in [-0.1, -0.05) is 45.9 Å². The van der Waals surface area contributed by atoms with Crippen LogP contribution in [0.25, 0.3) is 0 Å². The monoisotopic (exact) mass is 713 g/mol. The lowest BCUT2D eigenvalue weighted by atomic mass is 10.0. The molecular weight excluding hydrogens is 666 g/mol. The molecule has 3 aromatic carbocycles. The van der Waals surface area contributed by atoms with E-state index >= 15 is 0 Å². The van der Waals surface area contributed by atoms with Crippen LogP contribution >= 0.6 is 0 Å². The van der Waals surface area contributed by atoms with Crippen LogP contribution in [0.5, 0.6) is 0 Å². The van der Waals surface area contributed by atoms with Gasteiger partial charge in [0.15, 0.2) is 0 Å². The SMILES string of the molecule is CCCC(=O)N1Cc2cc(cc(C(=O)O)c2)CN(C(=O)CCC)Cc2cc(cc(C(=O)O)c2)CN(C(=O)CC(C)C)Cc2cc(cc(C(=O)O)c2)C1. The van der Waals surface area contributed by atoms with E-state index in [0.29, 0.717) is 46.2 Å². The molecular formula is C40H47N3O9. The maximum absolute atomic E-state index is 13.7. The van der Waals surface area contributed by atoms with Crippen molar-refractivity contribution in [1.29, 1.82) is 0 Å². The number of carbonyl (C=O) groups is 6. The van der Waals surface area contributed by atoms with Gasteiger partial charge in [-0.3, -0.25) is 14.4 Å². The first-order valence-electron chi connectivity index (χ1n) is 17.6. The van der Waals surface area contributed by atoms with E-state index in [4.69, 9.17) is 0 Å². The molecule has 0 aliphatic carbocycles. The Labute approximate surface area is 303 Å². The molecule has 0 aromatic heterocycles. The molecule has 1 heterocycles. The van der Waals surface area contributed by atoms with E-state index in [0.717, 1.165) is 0 Å².